The first-order valence-corrected chi connectivity index (χ1v) is 11.2. The fourth-order valence-corrected chi connectivity index (χ4v) is 4.04. The highest BCUT2D eigenvalue weighted by Crippen LogP contribution is 2.27. The first-order chi connectivity index (χ1) is 14.8. The van der Waals surface area contributed by atoms with E-state index in [1.54, 1.807) is 36.4 Å². The summed E-state index contributed by atoms with van der Waals surface area (Å²) < 4.78 is 38.0. The third kappa shape index (κ3) is 6.27. The number of halogens is 2. The Bertz CT molecular complexity index is 1170. The lowest BCUT2D eigenvalue weighted by Gasteiger charge is -2.11. The standard InChI is InChI=1S/C21H18Cl2N2O5S/c1-29-17-7-3-16(4-8-17)25-31(27,28)18-9-5-15(6-10-18)24-21(26)13-30-20-11-2-14(22)12-19(20)23/h2-12,25H,13H2,1H3,(H,24,26). The average Bonchev–Trinajstić information content (AvgIpc) is 2.74. The van der Waals surface area contributed by atoms with Crippen molar-refractivity contribution >= 4 is 50.5 Å². The molecular formula is C21H18Cl2N2O5S. The number of sulfonamides is 1. The van der Waals surface area contributed by atoms with E-state index in [0.717, 1.165) is 0 Å². The second kappa shape index (κ2) is 9.91. The SMILES string of the molecule is COc1ccc(NS(=O)(=O)c2ccc(NC(=O)COc3ccc(Cl)cc3Cl)cc2)cc1. The number of benzene rings is 3. The van der Waals surface area contributed by atoms with Crippen molar-refractivity contribution in [2.24, 2.45) is 0 Å². The molecule has 0 saturated carbocycles. The Morgan fingerprint density at radius 3 is 2.19 bits per heavy atom. The first kappa shape index (κ1) is 22.7. The van der Waals surface area contributed by atoms with Gasteiger partial charge in [0.1, 0.15) is 11.5 Å². The predicted molar refractivity (Wildman–Crippen MR) is 121 cm³/mol. The van der Waals surface area contributed by atoms with Gasteiger partial charge in [0.2, 0.25) is 0 Å². The minimum atomic E-state index is -3.79. The van der Waals surface area contributed by atoms with Gasteiger partial charge in [-0.15, -0.1) is 0 Å². The van der Waals surface area contributed by atoms with Crippen molar-refractivity contribution in [2.45, 2.75) is 4.90 Å². The van der Waals surface area contributed by atoms with Gasteiger partial charge in [-0.1, -0.05) is 23.2 Å². The lowest BCUT2D eigenvalue weighted by molar-refractivity contribution is -0.118. The molecule has 0 aliphatic carbocycles. The average molecular weight is 481 g/mol. The summed E-state index contributed by atoms with van der Waals surface area (Å²) in [6.07, 6.45) is 0. The van der Waals surface area contributed by atoms with Crippen molar-refractivity contribution in [2.75, 3.05) is 23.8 Å². The summed E-state index contributed by atoms with van der Waals surface area (Å²) in [6, 6.07) is 16.9. The van der Waals surface area contributed by atoms with Crippen LogP contribution in [0.1, 0.15) is 0 Å². The quantitative estimate of drug-likeness (QED) is 0.481. The van der Waals surface area contributed by atoms with E-state index in [1.165, 1.54) is 37.4 Å². The van der Waals surface area contributed by atoms with E-state index >= 15 is 0 Å². The minimum absolute atomic E-state index is 0.0468. The Labute approximate surface area is 189 Å². The maximum atomic E-state index is 12.5. The number of carbonyl (C=O) groups is 1. The fourth-order valence-electron chi connectivity index (χ4n) is 2.52. The second-order valence-corrected chi connectivity index (χ2v) is 8.80. The van der Waals surface area contributed by atoms with Crippen LogP contribution in [0.2, 0.25) is 10.0 Å². The summed E-state index contributed by atoms with van der Waals surface area (Å²) in [5.74, 6) is 0.510. The third-order valence-electron chi connectivity index (χ3n) is 4.04. The van der Waals surface area contributed by atoms with E-state index in [-0.39, 0.29) is 11.5 Å². The van der Waals surface area contributed by atoms with E-state index < -0.39 is 15.9 Å². The van der Waals surface area contributed by atoms with Crippen LogP contribution in [0.25, 0.3) is 0 Å². The number of nitrogens with one attached hydrogen (secondary N) is 2. The molecule has 0 spiro atoms. The van der Waals surface area contributed by atoms with Crippen molar-refractivity contribution in [1.29, 1.82) is 0 Å². The van der Waals surface area contributed by atoms with Gasteiger partial charge in [-0.25, -0.2) is 8.42 Å². The maximum absolute atomic E-state index is 12.5. The van der Waals surface area contributed by atoms with Crippen LogP contribution in [0.5, 0.6) is 11.5 Å². The van der Waals surface area contributed by atoms with E-state index in [0.29, 0.717) is 32.9 Å². The summed E-state index contributed by atoms with van der Waals surface area (Å²) >= 11 is 11.8. The number of ether oxygens (including phenoxy) is 2. The van der Waals surface area contributed by atoms with Crippen LogP contribution < -0.4 is 19.5 Å². The number of rotatable bonds is 8. The van der Waals surface area contributed by atoms with E-state index in [4.69, 9.17) is 32.7 Å². The molecule has 1 amide bonds. The Hall–Kier alpha value is -2.94. The highest BCUT2D eigenvalue weighted by molar-refractivity contribution is 7.92. The minimum Gasteiger partial charge on any atom is -0.497 e. The van der Waals surface area contributed by atoms with Crippen molar-refractivity contribution in [3.63, 3.8) is 0 Å². The maximum Gasteiger partial charge on any atom is 0.262 e. The van der Waals surface area contributed by atoms with Gasteiger partial charge in [-0.3, -0.25) is 9.52 Å². The smallest absolute Gasteiger partial charge is 0.262 e. The van der Waals surface area contributed by atoms with Crippen molar-refractivity contribution < 1.29 is 22.7 Å². The molecule has 0 aromatic heterocycles. The zero-order valence-electron chi connectivity index (χ0n) is 16.3. The van der Waals surface area contributed by atoms with Gasteiger partial charge in [0.05, 0.1) is 17.0 Å². The number of carbonyl (C=O) groups excluding carboxylic acids is 1. The Balaban J connectivity index is 1.58. The van der Waals surface area contributed by atoms with E-state index in [2.05, 4.69) is 10.0 Å². The number of amides is 1. The molecule has 0 bridgehead atoms. The molecule has 0 atom stereocenters. The van der Waals surface area contributed by atoms with Gasteiger partial charge >= 0.3 is 0 Å². The van der Waals surface area contributed by atoms with E-state index in [9.17, 15) is 13.2 Å². The second-order valence-electron chi connectivity index (χ2n) is 6.27. The van der Waals surface area contributed by atoms with Crippen LogP contribution in [-0.2, 0) is 14.8 Å². The lowest BCUT2D eigenvalue weighted by atomic mass is 10.3. The summed E-state index contributed by atoms with van der Waals surface area (Å²) in [4.78, 5) is 12.1. The molecule has 31 heavy (non-hydrogen) atoms. The largest absolute Gasteiger partial charge is 0.497 e. The number of hydrogen-bond acceptors (Lipinski definition) is 5. The molecule has 3 rings (SSSR count). The molecule has 3 aromatic carbocycles. The zero-order valence-corrected chi connectivity index (χ0v) is 18.6. The Kier molecular flexibility index (Phi) is 7.27. The fraction of sp³-hybridized carbons (Fsp3) is 0.0952. The summed E-state index contributed by atoms with van der Waals surface area (Å²) in [6.45, 7) is -0.277. The van der Waals surface area contributed by atoms with Gasteiger partial charge in [-0.2, -0.15) is 0 Å². The first-order valence-electron chi connectivity index (χ1n) is 8.91. The van der Waals surface area contributed by atoms with Crippen LogP contribution in [-0.4, -0.2) is 28.0 Å². The van der Waals surface area contributed by atoms with Crippen LogP contribution in [0.3, 0.4) is 0 Å². The Morgan fingerprint density at radius 2 is 1.58 bits per heavy atom. The number of anilines is 2. The van der Waals surface area contributed by atoms with Crippen molar-refractivity contribution in [3.05, 3.63) is 76.8 Å². The molecule has 2 N–H and O–H groups in total. The predicted octanol–water partition coefficient (Wildman–Crippen LogP) is 4.82. The van der Waals surface area contributed by atoms with Gasteiger partial charge in [0, 0.05) is 16.4 Å². The third-order valence-corrected chi connectivity index (χ3v) is 5.97. The molecular weight excluding hydrogens is 463 g/mol. The Morgan fingerprint density at radius 1 is 0.935 bits per heavy atom. The van der Waals surface area contributed by atoms with Gasteiger partial charge in [-0.05, 0) is 66.7 Å². The van der Waals surface area contributed by atoms with Crippen LogP contribution >= 0.6 is 23.2 Å². The monoisotopic (exact) mass is 480 g/mol. The zero-order chi connectivity index (χ0) is 22.4. The van der Waals surface area contributed by atoms with Crippen molar-refractivity contribution in [3.8, 4) is 11.5 Å². The normalized spacial score (nSPS) is 10.9. The highest BCUT2D eigenvalue weighted by atomic mass is 35.5. The number of methoxy groups -OCH3 is 1. The molecule has 0 aliphatic heterocycles. The molecule has 10 heteroatoms. The highest BCUT2D eigenvalue weighted by Gasteiger charge is 2.15. The van der Waals surface area contributed by atoms with E-state index in [1.807, 2.05) is 0 Å². The molecule has 0 fully saturated rings. The molecule has 3 aromatic rings. The molecule has 162 valence electrons. The van der Waals surface area contributed by atoms with Crippen molar-refractivity contribution in [1.82, 2.24) is 0 Å². The van der Waals surface area contributed by atoms with Crippen LogP contribution in [0.15, 0.2) is 71.6 Å². The van der Waals surface area contributed by atoms with Gasteiger partial charge in [0.15, 0.2) is 6.61 Å². The van der Waals surface area contributed by atoms with Gasteiger partial charge in [0.25, 0.3) is 15.9 Å². The summed E-state index contributed by atoms with van der Waals surface area (Å²) in [5, 5.41) is 3.37. The van der Waals surface area contributed by atoms with Gasteiger partial charge < -0.3 is 14.8 Å². The topological polar surface area (TPSA) is 93.7 Å². The molecule has 0 heterocycles. The summed E-state index contributed by atoms with van der Waals surface area (Å²) in [7, 11) is -2.26. The number of hydrogen-bond donors (Lipinski definition) is 2. The molecule has 0 saturated heterocycles. The molecule has 0 radical (unpaired) electrons. The lowest BCUT2D eigenvalue weighted by Crippen LogP contribution is -2.20. The molecule has 0 unspecified atom stereocenters. The summed E-state index contributed by atoms with van der Waals surface area (Å²) in [5.41, 5.74) is 0.815. The van der Waals surface area contributed by atoms with Crippen LogP contribution in [0.4, 0.5) is 11.4 Å². The molecule has 7 nitrogen and oxygen atoms in total. The van der Waals surface area contributed by atoms with Crippen LogP contribution in [0, 0.1) is 0 Å². The molecule has 0 aliphatic rings.